The van der Waals surface area contributed by atoms with Gasteiger partial charge in [0.15, 0.2) is 0 Å². The summed E-state index contributed by atoms with van der Waals surface area (Å²) in [5, 5.41) is 18.3. The number of hydrogen-bond donors (Lipinski definition) is 3. The molecule has 2 rings (SSSR count). The van der Waals surface area contributed by atoms with Crippen molar-refractivity contribution in [3.8, 4) is 0 Å². The largest absolute Gasteiger partial charge is 0.394 e. The van der Waals surface area contributed by atoms with Crippen molar-refractivity contribution in [2.75, 3.05) is 18.9 Å². The fraction of sp³-hybridized carbons (Fsp3) is 0.600. The Morgan fingerprint density at radius 3 is 2.89 bits per heavy atom. The number of aliphatic hydroxyl groups excluding tert-OH is 2. The number of halogens is 2. The number of aromatic nitrogens is 2. The molecule has 7 nitrogen and oxygen atoms in total. The minimum atomic E-state index is -3.63. The molecule has 4 N–H and O–H groups in total. The molecule has 1 aromatic rings. The van der Waals surface area contributed by atoms with E-state index < -0.39 is 43.1 Å². The summed E-state index contributed by atoms with van der Waals surface area (Å²) in [6, 6.07) is -0.506. The van der Waals surface area contributed by atoms with Crippen LogP contribution in [-0.4, -0.2) is 51.1 Å². The number of nitrogen functional groups attached to an aromatic ring is 1. The molecule has 0 bridgehead atoms. The van der Waals surface area contributed by atoms with E-state index in [0.717, 1.165) is 6.20 Å². The van der Waals surface area contributed by atoms with E-state index in [4.69, 9.17) is 15.6 Å². The molecule has 1 saturated heterocycles. The smallest absolute Gasteiger partial charge is 0.350 e. The second kappa shape index (κ2) is 4.83. The molecule has 0 saturated carbocycles. The highest BCUT2D eigenvalue weighted by Gasteiger charge is 2.55. The van der Waals surface area contributed by atoms with E-state index in [0.29, 0.717) is 4.57 Å². The Balaban J connectivity index is 2.37. The number of alkyl halides is 2. The van der Waals surface area contributed by atoms with Gasteiger partial charge in [-0.25, -0.2) is 13.6 Å². The lowest BCUT2D eigenvalue weighted by atomic mass is 9.97. The molecule has 1 aliphatic rings. The van der Waals surface area contributed by atoms with Crippen LogP contribution in [0.1, 0.15) is 6.04 Å². The normalized spacial score (nSPS) is 30.2. The number of aliphatic hydroxyl groups is 2. The van der Waals surface area contributed by atoms with Gasteiger partial charge in [-0.05, 0) is 6.07 Å². The van der Waals surface area contributed by atoms with Gasteiger partial charge >= 0.3 is 5.69 Å². The minimum absolute atomic E-state index is 0.0879. The maximum atomic E-state index is 14.0. The van der Waals surface area contributed by atoms with Crippen molar-refractivity contribution in [3.05, 3.63) is 22.7 Å². The van der Waals surface area contributed by atoms with Crippen LogP contribution >= 0.6 is 0 Å². The first-order chi connectivity index (χ1) is 8.87. The third-order valence-electron chi connectivity index (χ3n) is 3.03. The van der Waals surface area contributed by atoms with Crippen molar-refractivity contribution < 1.29 is 23.7 Å². The molecule has 3 atom stereocenters. The van der Waals surface area contributed by atoms with Crippen LogP contribution in [0.5, 0.6) is 0 Å². The molecule has 1 fully saturated rings. The molecule has 1 aliphatic heterocycles. The van der Waals surface area contributed by atoms with Gasteiger partial charge in [-0.3, -0.25) is 4.57 Å². The topological polar surface area (TPSA) is 111 Å². The molecular weight excluding hydrogens is 264 g/mol. The van der Waals surface area contributed by atoms with E-state index in [2.05, 4.69) is 4.98 Å². The van der Waals surface area contributed by atoms with Gasteiger partial charge in [-0.2, -0.15) is 4.98 Å². The Hall–Kier alpha value is -1.58. The van der Waals surface area contributed by atoms with E-state index in [-0.39, 0.29) is 5.82 Å². The second-order valence-electron chi connectivity index (χ2n) is 4.23. The van der Waals surface area contributed by atoms with Crippen molar-refractivity contribution in [3.63, 3.8) is 0 Å². The van der Waals surface area contributed by atoms with Crippen LogP contribution < -0.4 is 11.4 Å². The SMILES string of the molecule is Nc1ccn(C2CO[C@H](CO)[C@H](O)C2(F)F)c(=O)n1. The quantitative estimate of drug-likeness (QED) is 0.623. The molecule has 2 heterocycles. The van der Waals surface area contributed by atoms with Gasteiger partial charge in [0.1, 0.15) is 24.1 Å². The van der Waals surface area contributed by atoms with E-state index in [1.54, 1.807) is 0 Å². The van der Waals surface area contributed by atoms with Crippen LogP contribution in [0.2, 0.25) is 0 Å². The summed E-state index contributed by atoms with van der Waals surface area (Å²) >= 11 is 0. The van der Waals surface area contributed by atoms with Crippen LogP contribution in [0.4, 0.5) is 14.6 Å². The third-order valence-corrected chi connectivity index (χ3v) is 3.03. The van der Waals surface area contributed by atoms with Crippen molar-refractivity contribution in [2.45, 2.75) is 24.2 Å². The van der Waals surface area contributed by atoms with E-state index >= 15 is 0 Å². The number of rotatable bonds is 2. The molecule has 1 aromatic heterocycles. The lowest BCUT2D eigenvalue weighted by molar-refractivity contribution is -0.243. The van der Waals surface area contributed by atoms with Gasteiger partial charge in [-0.15, -0.1) is 0 Å². The summed E-state index contributed by atoms with van der Waals surface area (Å²) in [5.41, 5.74) is 4.31. The molecule has 19 heavy (non-hydrogen) atoms. The molecule has 106 valence electrons. The predicted octanol–water partition coefficient (Wildman–Crippen LogP) is -1.25. The maximum absolute atomic E-state index is 14.0. The lowest BCUT2D eigenvalue weighted by Gasteiger charge is -2.39. The van der Waals surface area contributed by atoms with E-state index in [1.165, 1.54) is 6.07 Å². The Labute approximate surface area is 106 Å². The van der Waals surface area contributed by atoms with Gasteiger partial charge in [-0.1, -0.05) is 0 Å². The monoisotopic (exact) mass is 277 g/mol. The van der Waals surface area contributed by atoms with Gasteiger partial charge in [0.25, 0.3) is 5.92 Å². The maximum Gasteiger partial charge on any atom is 0.350 e. The number of hydrogen-bond acceptors (Lipinski definition) is 6. The molecule has 0 spiro atoms. The highest BCUT2D eigenvalue weighted by Crippen LogP contribution is 2.37. The average molecular weight is 277 g/mol. The molecule has 0 amide bonds. The Bertz CT molecular complexity index is 522. The van der Waals surface area contributed by atoms with Gasteiger partial charge in [0, 0.05) is 6.20 Å². The van der Waals surface area contributed by atoms with Gasteiger partial charge in [0.2, 0.25) is 0 Å². The zero-order valence-electron chi connectivity index (χ0n) is 9.74. The van der Waals surface area contributed by atoms with E-state index in [1.807, 2.05) is 0 Å². The summed E-state index contributed by atoms with van der Waals surface area (Å²) in [6.45, 7) is -1.26. The lowest BCUT2D eigenvalue weighted by Crippen LogP contribution is -2.57. The summed E-state index contributed by atoms with van der Waals surface area (Å²) in [5.74, 6) is -3.72. The average Bonchev–Trinajstić information content (AvgIpc) is 2.34. The van der Waals surface area contributed by atoms with Crippen LogP contribution in [0, 0.1) is 0 Å². The van der Waals surface area contributed by atoms with Crippen LogP contribution in [0.15, 0.2) is 17.1 Å². The van der Waals surface area contributed by atoms with E-state index in [9.17, 15) is 18.7 Å². The summed E-state index contributed by atoms with van der Waals surface area (Å²) in [6.07, 6.45) is -2.53. The standard InChI is InChI=1S/C10H13F2N3O4/c11-10(12)6(4-19-5(3-16)8(10)17)15-2-1-7(13)14-9(15)18/h1-2,5-6,8,16-17H,3-4H2,(H2,13,14,18)/t5-,6?,8+/m1/s1. The Morgan fingerprint density at radius 1 is 1.63 bits per heavy atom. The minimum Gasteiger partial charge on any atom is -0.394 e. The van der Waals surface area contributed by atoms with Gasteiger partial charge in [0.05, 0.1) is 13.2 Å². The predicted molar refractivity (Wildman–Crippen MR) is 59.7 cm³/mol. The van der Waals surface area contributed by atoms with Gasteiger partial charge < -0.3 is 20.7 Å². The molecular formula is C10H13F2N3O4. The fourth-order valence-corrected chi connectivity index (χ4v) is 1.94. The summed E-state index contributed by atoms with van der Waals surface area (Å²) < 4.78 is 33.6. The molecule has 1 unspecified atom stereocenters. The molecule has 0 aliphatic carbocycles. The number of nitrogens with two attached hydrogens (primary N) is 1. The zero-order valence-corrected chi connectivity index (χ0v) is 9.74. The zero-order chi connectivity index (χ0) is 14.2. The van der Waals surface area contributed by atoms with Crippen LogP contribution in [0.3, 0.4) is 0 Å². The first kappa shape index (κ1) is 13.8. The highest BCUT2D eigenvalue weighted by atomic mass is 19.3. The fourth-order valence-electron chi connectivity index (χ4n) is 1.94. The first-order valence-corrected chi connectivity index (χ1v) is 5.51. The molecule has 9 heteroatoms. The van der Waals surface area contributed by atoms with Crippen molar-refractivity contribution >= 4 is 5.82 Å². The van der Waals surface area contributed by atoms with Crippen LogP contribution in [-0.2, 0) is 4.74 Å². The molecule has 0 radical (unpaired) electrons. The third kappa shape index (κ3) is 2.31. The number of ether oxygens (including phenoxy) is 1. The Morgan fingerprint density at radius 2 is 2.32 bits per heavy atom. The van der Waals surface area contributed by atoms with Crippen LogP contribution in [0.25, 0.3) is 0 Å². The first-order valence-electron chi connectivity index (χ1n) is 5.51. The van der Waals surface area contributed by atoms with Crippen molar-refractivity contribution in [1.82, 2.24) is 9.55 Å². The molecule has 0 aromatic carbocycles. The van der Waals surface area contributed by atoms with Crippen molar-refractivity contribution in [1.29, 1.82) is 0 Å². The summed E-state index contributed by atoms with van der Waals surface area (Å²) in [7, 11) is 0. The second-order valence-corrected chi connectivity index (χ2v) is 4.23. The highest BCUT2D eigenvalue weighted by molar-refractivity contribution is 5.23. The van der Waals surface area contributed by atoms with Crippen molar-refractivity contribution in [2.24, 2.45) is 0 Å². The number of nitrogens with zero attached hydrogens (tertiary/aromatic N) is 2. The number of anilines is 1. The Kier molecular flexibility index (Phi) is 3.52. The summed E-state index contributed by atoms with van der Waals surface area (Å²) in [4.78, 5) is 14.9.